The summed E-state index contributed by atoms with van der Waals surface area (Å²) < 4.78 is 11.4. The van der Waals surface area contributed by atoms with Crippen LogP contribution in [0.2, 0.25) is 5.02 Å². The second-order valence-electron chi connectivity index (χ2n) is 7.85. The van der Waals surface area contributed by atoms with Gasteiger partial charge in [0.15, 0.2) is 16.3 Å². The van der Waals surface area contributed by atoms with Crippen LogP contribution in [0.5, 0.6) is 5.75 Å². The molecule has 0 fully saturated rings. The van der Waals surface area contributed by atoms with Gasteiger partial charge in [-0.3, -0.25) is 18.5 Å². The molecule has 0 bridgehead atoms. The lowest BCUT2D eigenvalue weighted by molar-refractivity contribution is 0.414. The molecule has 34 heavy (non-hydrogen) atoms. The number of rotatable bonds is 6. The van der Waals surface area contributed by atoms with Gasteiger partial charge in [-0.05, 0) is 35.4 Å². The van der Waals surface area contributed by atoms with Gasteiger partial charge in [-0.2, -0.15) is 0 Å². The third kappa shape index (κ3) is 3.68. The molecule has 0 aliphatic heterocycles. The van der Waals surface area contributed by atoms with E-state index >= 15 is 0 Å². The lowest BCUT2D eigenvalue weighted by Crippen LogP contribution is -2.37. The van der Waals surface area contributed by atoms with Crippen LogP contribution in [0.15, 0.2) is 63.3 Å². The Morgan fingerprint density at radius 1 is 1.00 bits per heavy atom. The first-order valence-electron chi connectivity index (χ1n) is 10.4. The second-order valence-corrected chi connectivity index (χ2v) is 9.23. The van der Waals surface area contributed by atoms with Gasteiger partial charge in [-0.25, -0.2) is 9.20 Å². The number of fused-ring (bicyclic) bond motifs is 3. The lowest BCUT2D eigenvalue weighted by Gasteiger charge is -2.08. The van der Waals surface area contributed by atoms with Gasteiger partial charge in [-0.15, -0.1) is 10.2 Å². The second kappa shape index (κ2) is 8.69. The minimum atomic E-state index is -0.416. The van der Waals surface area contributed by atoms with Crippen LogP contribution in [-0.4, -0.2) is 35.4 Å². The van der Waals surface area contributed by atoms with E-state index in [1.165, 1.54) is 23.4 Å². The highest BCUT2D eigenvalue weighted by Crippen LogP contribution is 2.27. The fourth-order valence-electron chi connectivity index (χ4n) is 3.96. The van der Waals surface area contributed by atoms with E-state index < -0.39 is 5.69 Å². The van der Waals surface area contributed by atoms with E-state index in [0.29, 0.717) is 39.4 Å². The predicted molar refractivity (Wildman–Crippen MR) is 132 cm³/mol. The third-order valence-electron chi connectivity index (χ3n) is 5.71. The summed E-state index contributed by atoms with van der Waals surface area (Å²) in [5.74, 6) is 1.87. The van der Waals surface area contributed by atoms with Gasteiger partial charge in [0.05, 0.1) is 13.7 Å². The minimum absolute atomic E-state index is 0.371. The Bertz CT molecular complexity index is 1650. The van der Waals surface area contributed by atoms with Crippen molar-refractivity contribution in [2.45, 2.75) is 17.5 Å². The van der Waals surface area contributed by atoms with Crippen LogP contribution in [0.3, 0.4) is 0 Å². The standard InChI is InChI=1S/C23H21ClN6O3S/c1-27-19-18(20(31)28(2)23(27)32)29(12-14-7-9-16(24)10-8-14)21-25-26-22(30(19)21)34-13-15-5-4-6-17(11-15)33-3/h4-11H,12-13H2,1-3H3. The number of methoxy groups -OCH3 is 1. The first-order chi connectivity index (χ1) is 16.4. The first-order valence-corrected chi connectivity index (χ1v) is 11.8. The zero-order valence-electron chi connectivity index (χ0n) is 18.7. The zero-order valence-corrected chi connectivity index (χ0v) is 20.3. The molecular formula is C23H21ClN6O3S. The highest BCUT2D eigenvalue weighted by atomic mass is 35.5. The Morgan fingerprint density at radius 3 is 2.50 bits per heavy atom. The summed E-state index contributed by atoms with van der Waals surface area (Å²) in [5.41, 5.74) is 2.02. The van der Waals surface area contributed by atoms with Crippen molar-refractivity contribution in [2.75, 3.05) is 7.11 Å². The maximum Gasteiger partial charge on any atom is 0.332 e. The summed E-state index contributed by atoms with van der Waals surface area (Å²) in [7, 11) is 4.75. The van der Waals surface area contributed by atoms with Crippen molar-refractivity contribution in [3.63, 3.8) is 0 Å². The van der Waals surface area contributed by atoms with Crippen LogP contribution in [-0.2, 0) is 26.4 Å². The van der Waals surface area contributed by atoms with E-state index in [1.54, 1.807) is 35.3 Å². The number of hydrogen-bond acceptors (Lipinski definition) is 6. The summed E-state index contributed by atoms with van der Waals surface area (Å²) in [6.07, 6.45) is 0. The molecule has 0 saturated heterocycles. The van der Waals surface area contributed by atoms with E-state index in [-0.39, 0.29) is 5.56 Å². The molecule has 0 amide bonds. The number of nitrogens with zero attached hydrogens (tertiary/aromatic N) is 6. The van der Waals surface area contributed by atoms with E-state index in [1.807, 2.05) is 36.4 Å². The molecule has 174 valence electrons. The smallest absolute Gasteiger partial charge is 0.332 e. The van der Waals surface area contributed by atoms with Gasteiger partial charge in [-0.1, -0.05) is 47.6 Å². The van der Waals surface area contributed by atoms with Crippen molar-refractivity contribution < 1.29 is 4.74 Å². The average Bonchev–Trinajstić information content (AvgIpc) is 3.40. The molecule has 0 saturated carbocycles. The first kappa shape index (κ1) is 22.3. The van der Waals surface area contributed by atoms with Crippen LogP contribution in [0, 0.1) is 0 Å². The Kier molecular flexibility index (Phi) is 5.70. The maximum atomic E-state index is 13.2. The largest absolute Gasteiger partial charge is 0.497 e. The highest BCUT2D eigenvalue weighted by molar-refractivity contribution is 7.98. The molecule has 3 heterocycles. The Labute approximate surface area is 203 Å². The number of aryl methyl sites for hydroxylation is 1. The number of hydrogen-bond donors (Lipinski definition) is 0. The van der Waals surface area contributed by atoms with E-state index in [0.717, 1.165) is 21.4 Å². The normalized spacial score (nSPS) is 11.5. The molecule has 9 nitrogen and oxygen atoms in total. The fourth-order valence-corrected chi connectivity index (χ4v) is 4.95. The Balaban J connectivity index is 1.68. The molecule has 0 N–H and O–H groups in total. The number of imidazole rings is 1. The fraction of sp³-hybridized carbons (Fsp3) is 0.217. The van der Waals surface area contributed by atoms with Crippen molar-refractivity contribution in [1.29, 1.82) is 0 Å². The summed E-state index contributed by atoms with van der Waals surface area (Å²) in [6, 6.07) is 15.2. The Morgan fingerprint density at radius 2 is 1.76 bits per heavy atom. The summed E-state index contributed by atoms with van der Waals surface area (Å²) in [6.45, 7) is 0.371. The number of aromatic nitrogens is 6. The topological polar surface area (TPSA) is 88.3 Å². The molecule has 11 heteroatoms. The van der Waals surface area contributed by atoms with Crippen molar-refractivity contribution in [2.24, 2.45) is 14.1 Å². The maximum absolute atomic E-state index is 13.2. The third-order valence-corrected chi connectivity index (χ3v) is 6.96. The zero-order chi connectivity index (χ0) is 24.0. The van der Waals surface area contributed by atoms with Crippen molar-refractivity contribution in [3.05, 3.63) is 85.5 Å². The molecule has 5 rings (SSSR count). The molecule has 2 aromatic carbocycles. The summed E-state index contributed by atoms with van der Waals surface area (Å²) >= 11 is 7.51. The van der Waals surface area contributed by atoms with Crippen molar-refractivity contribution in [3.8, 4) is 5.75 Å². The quantitative estimate of drug-likeness (QED) is 0.336. The number of halogens is 1. The predicted octanol–water partition coefficient (Wildman–Crippen LogP) is 3.08. The molecule has 0 unspecified atom stereocenters. The summed E-state index contributed by atoms with van der Waals surface area (Å²) in [5, 5.41) is 9.99. The minimum Gasteiger partial charge on any atom is -0.497 e. The van der Waals surface area contributed by atoms with Crippen LogP contribution >= 0.6 is 23.4 Å². The molecule has 0 aliphatic carbocycles. The molecule has 3 aromatic heterocycles. The van der Waals surface area contributed by atoms with Gasteiger partial charge in [0.25, 0.3) is 5.56 Å². The van der Waals surface area contributed by atoms with Crippen LogP contribution in [0.1, 0.15) is 11.1 Å². The molecule has 0 spiro atoms. The van der Waals surface area contributed by atoms with Gasteiger partial charge < -0.3 is 4.74 Å². The molecular weight excluding hydrogens is 476 g/mol. The number of thioether (sulfide) groups is 1. The van der Waals surface area contributed by atoms with Crippen LogP contribution in [0.25, 0.3) is 16.9 Å². The summed E-state index contributed by atoms with van der Waals surface area (Å²) in [4.78, 5) is 26.0. The molecule has 5 aromatic rings. The van der Waals surface area contributed by atoms with Gasteiger partial charge in [0.2, 0.25) is 5.78 Å². The lowest BCUT2D eigenvalue weighted by atomic mass is 10.2. The monoisotopic (exact) mass is 496 g/mol. The highest BCUT2D eigenvalue weighted by Gasteiger charge is 2.23. The molecule has 0 atom stereocenters. The molecule has 0 radical (unpaired) electrons. The van der Waals surface area contributed by atoms with E-state index in [4.69, 9.17) is 16.3 Å². The SMILES string of the molecule is COc1cccc(CSc2nnc3n(Cc4ccc(Cl)cc4)c4c(=O)n(C)c(=O)n(C)c4n23)c1. The van der Waals surface area contributed by atoms with E-state index in [9.17, 15) is 9.59 Å². The van der Waals surface area contributed by atoms with Gasteiger partial charge >= 0.3 is 5.69 Å². The van der Waals surface area contributed by atoms with Gasteiger partial charge in [0.1, 0.15) is 5.75 Å². The number of ether oxygens (including phenoxy) is 1. The van der Waals surface area contributed by atoms with Gasteiger partial charge in [0, 0.05) is 24.9 Å². The Hall–Kier alpha value is -3.50. The van der Waals surface area contributed by atoms with Crippen molar-refractivity contribution in [1.82, 2.24) is 28.3 Å². The van der Waals surface area contributed by atoms with E-state index in [2.05, 4.69) is 10.2 Å². The average molecular weight is 497 g/mol. The van der Waals surface area contributed by atoms with Crippen molar-refractivity contribution >= 4 is 40.3 Å². The van der Waals surface area contributed by atoms with Crippen LogP contribution in [0.4, 0.5) is 0 Å². The number of benzene rings is 2. The molecule has 0 aliphatic rings. The van der Waals surface area contributed by atoms with Crippen LogP contribution < -0.4 is 16.0 Å².